The van der Waals surface area contributed by atoms with Crippen LogP contribution in [0, 0.1) is 0 Å². The largest absolute Gasteiger partial charge is 0.307 e. The molecule has 0 heterocycles. The molecule has 0 aliphatic rings. The fourth-order valence-electron chi connectivity index (χ4n) is 2.90. The summed E-state index contributed by atoms with van der Waals surface area (Å²) >= 11 is 0. The molecule has 0 saturated heterocycles. The molecule has 0 aliphatic carbocycles. The summed E-state index contributed by atoms with van der Waals surface area (Å²) in [5.41, 5.74) is 2.90. The predicted octanol–water partition coefficient (Wildman–Crippen LogP) is 6.75. The van der Waals surface area contributed by atoms with E-state index in [1.807, 2.05) is 0 Å². The highest BCUT2D eigenvalue weighted by molar-refractivity contribution is 5.32. The molecule has 0 unspecified atom stereocenters. The van der Waals surface area contributed by atoms with Gasteiger partial charge in [-0.15, -0.1) is 0 Å². The lowest BCUT2D eigenvalue weighted by Gasteiger charge is -2.18. The van der Waals surface area contributed by atoms with E-state index >= 15 is 0 Å². The molecule has 0 radical (unpaired) electrons. The van der Waals surface area contributed by atoms with Gasteiger partial charge in [0, 0.05) is 5.92 Å². The van der Waals surface area contributed by atoms with Crippen molar-refractivity contribution in [2.45, 2.75) is 58.8 Å². The molecule has 0 aromatic heterocycles. The quantitative estimate of drug-likeness (QED) is 0.457. The molecule has 0 bridgehead atoms. The van der Waals surface area contributed by atoms with E-state index < -0.39 is 0 Å². The fourth-order valence-corrected chi connectivity index (χ4v) is 2.90. The highest BCUT2D eigenvalue weighted by Gasteiger charge is 2.12. The van der Waals surface area contributed by atoms with E-state index in [1.54, 1.807) is 0 Å². The lowest BCUT2D eigenvalue weighted by molar-refractivity contribution is 0.373. The molecule has 2 aromatic rings. The van der Waals surface area contributed by atoms with E-state index in [0.717, 1.165) is 13.1 Å². The third-order valence-electron chi connectivity index (χ3n) is 4.83. The number of hydrogen-bond acceptors (Lipinski definition) is 1. The second-order valence-electron chi connectivity index (χ2n) is 6.71. The van der Waals surface area contributed by atoms with E-state index in [1.165, 1.54) is 43.2 Å². The van der Waals surface area contributed by atoms with Crippen LogP contribution in [-0.2, 0) is 0 Å². The average Bonchev–Trinajstić information content (AvgIpc) is 2.69. The number of unbranched alkanes of at least 4 members (excludes halogenated alkanes) is 3. The second-order valence-corrected chi connectivity index (χ2v) is 6.71. The van der Waals surface area contributed by atoms with E-state index in [4.69, 9.17) is 0 Å². The highest BCUT2D eigenvalue weighted by Crippen LogP contribution is 2.29. The molecular formula is C24H37N. The van der Waals surface area contributed by atoms with Gasteiger partial charge >= 0.3 is 0 Å². The molecule has 2 aromatic carbocycles. The van der Waals surface area contributed by atoms with Crippen molar-refractivity contribution in [3.8, 4) is 0 Å². The summed E-state index contributed by atoms with van der Waals surface area (Å²) in [7, 11) is 2.11. The van der Waals surface area contributed by atoms with Gasteiger partial charge in [-0.3, -0.25) is 0 Å². The Hall–Kier alpha value is -1.60. The van der Waals surface area contributed by atoms with E-state index in [-0.39, 0.29) is 0 Å². The van der Waals surface area contributed by atoms with Gasteiger partial charge in [-0.2, -0.15) is 0 Å². The molecule has 0 atom stereocenters. The van der Waals surface area contributed by atoms with Crippen molar-refractivity contribution in [3.05, 3.63) is 71.8 Å². The number of benzene rings is 2. The zero-order valence-electron chi connectivity index (χ0n) is 16.7. The van der Waals surface area contributed by atoms with Crippen LogP contribution in [0.3, 0.4) is 0 Å². The number of rotatable bonds is 9. The summed E-state index contributed by atoms with van der Waals surface area (Å²) in [6.45, 7) is 8.91. The highest BCUT2D eigenvalue weighted by atomic mass is 15.1. The molecule has 2 rings (SSSR count). The van der Waals surface area contributed by atoms with Crippen molar-refractivity contribution < 1.29 is 0 Å². The van der Waals surface area contributed by atoms with Crippen molar-refractivity contribution in [2.24, 2.45) is 0 Å². The van der Waals surface area contributed by atoms with Crippen molar-refractivity contribution in [1.82, 2.24) is 4.90 Å². The second kappa shape index (κ2) is 13.7. The van der Waals surface area contributed by atoms with Gasteiger partial charge in [-0.25, -0.2) is 0 Å². The molecule has 0 fully saturated rings. The van der Waals surface area contributed by atoms with Crippen LogP contribution in [0.1, 0.15) is 69.9 Å². The first-order valence-corrected chi connectivity index (χ1v) is 10.0. The third kappa shape index (κ3) is 8.88. The molecule has 1 heteroatoms. The van der Waals surface area contributed by atoms with Crippen molar-refractivity contribution in [2.75, 3.05) is 20.1 Å². The normalized spacial score (nSPS) is 10.6. The fraction of sp³-hybridized carbons (Fsp3) is 0.500. The van der Waals surface area contributed by atoms with Crippen LogP contribution in [-0.4, -0.2) is 25.0 Å². The molecule has 138 valence electrons. The maximum atomic E-state index is 2.27. The number of hydrogen-bond donors (Lipinski definition) is 0. The van der Waals surface area contributed by atoms with Crippen LogP contribution < -0.4 is 0 Å². The van der Waals surface area contributed by atoms with Gasteiger partial charge in [0.25, 0.3) is 0 Å². The van der Waals surface area contributed by atoms with Crippen molar-refractivity contribution in [1.29, 1.82) is 0 Å². The Kier molecular flexibility index (Phi) is 11.7. The minimum atomic E-state index is 0.555. The molecular weight excluding hydrogens is 302 g/mol. The predicted molar refractivity (Wildman–Crippen MR) is 112 cm³/mol. The van der Waals surface area contributed by atoms with Crippen LogP contribution in [0.2, 0.25) is 0 Å². The van der Waals surface area contributed by atoms with E-state index in [2.05, 4.69) is 93.4 Å². The maximum absolute atomic E-state index is 2.27. The lowest BCUT2D eigenvalue weighted by Crippen LogP contribution is -2.15. The first-order valence-electron chi connectivity index (χ1n) is 10.0. The molecule has 25 heavy (non-hydrogen) atoms. The van der Waals surface area contributed by atoms with Gasteiger partial charge in [0.15, 0.2) is 0 Å². The zero-order valence-corrected chi connectivity index (χ0v) is 16.7. The summed E-state index contributed by atoms with van der Waals surface area (Å²) in [5, 5.41) is 0. The topological polar surface area (TPSA) is 3.24 Å². The monoisotopic (exact) mass is 339 g/mol. The van der Waals surface area contributed by atoms with Crippen molar-refractivity contribution >= 4 is 0 Å². The van der Waals surface area contributed by atoms with Crippen LogP contribution in [0.25, 0.3) is 0 Å². The van der Waals surface area contributed by atoms with Crippen LogP contribution >= 0.6 is 0 Å². The summed E-state index contributed by atoms with van der Waals surface area (Å²) in [6.07, 6.45) is 6.60. The lowest BCUT2D eigenvalue weighted by atomic mass is 9.87. The average molecular weight is 340 g/mol. The van der Waals surface area contributed by atoms with E-state index in [9.17, 15) is 0 Å². The van der Waals surface area contributed by atoms with Gasteiger partial charge in [0.05, 0.1) is 0 Å². The zero-order chi connectivity index (χ0) is 18.3. The summed E-state index contributed by atoms with van der Waals surface area (Å²) < 4.78 is 0. The Labute approximate surface area is 156 Å². The van der Waals surface area contributed by atoms with Crippen LogP contribution in [0.4, 0.5) is 0 Å². The van der Waals surface area contributed by atoms with Crippen LogP contribution in [0.15, 0.2) is 60.7 Å². The molecule has 0 saturated carbocycles. The SMILES string of the molecule is CCCCCCC(c1ccccc1)c1ccccc1.CCN(C)CC. The summed E-state index contributed by atoms with van der Waals surface area (Å²) in [4.78, 5) is 2.25. The van der Waals surface area contributed by atoms with E-state index in [0.29, 0.717) is 5.92 Å². The molecule has 0 N–H and O–H groups in total. The van der Waals surface area contributed by atoms with Gasteiger partial charge in [-0.05, 0) is 37.7 Å². The van der Waals surface area contributed by atoms with Gasteiger partial charge < -0.3 is 4.90 Å². The van der Waals surface area contributed by atoms with Gasteiger partial charge in [0.1, 0.15) is 0 Å². The molecule has 0 aliphatic heterocycles. The Morgan fingerprint density at radius 3 is 1.52 bits per heavy atom. The number of nitrogens with zero attached hydrogens (tertiary/aromatic N) is 1. The Morgan fingerprint density at radius 2 is 1.16 bits per heavy atom. The standard InChI is InChI=1S/C19H24.C5H13N/c1-2-3-4-11-16-19(17-12-7-5-8-13-17)18-14-9-6-10-15-18;1-4-6(3)5-2/h5-10,12-15,19H,2-4,11,16H2,1H3;4-5H2,1-3H3. The molecule has 0 spiro atoms. The third-order valence-corrected chi connectivity index (χ3v) is 4.83. The molecule has 1 nitrogen and oxygen atoms in total. The minimum absolute atomic E-state index is 0.555. The first-order chi connectivity index (χ1) is 12.2. The Morgan fingerprint density at radius 1 is 0.680 bits per heavy atom. The summed E-state index contributed by atoms with van der Waals surface area (Å²) in [6, 6.07) is 21.8. The first kappa shape index (κ1) is 21.4. The molecule has 0 amide bonds. The summed E-state index contributed by atoms with van der Waals surface area (Å²) in [5.74, 6) is 0.555. The smallest absolute Gasteiger partial charge is 0.00893 e. The Balaban J connectivity index is 0.000000450. The van der Waals surface area contributed by atoms with Gasteiger partial charge in [-0.1, -0.05) is 107 Å². The van der Waals surface area contributed by atoms with Gasteiger partial charge in [0.2, 0.25) is 0 Å². The minimum Gasteiger partial charge on any atom is -0.307 e. The van der Waals surface area contributed by atoms with Crippen molar-refractivity contribution in [3.63, 3.8) is 0 Å². The Bertz CT molecular complexity index is 477. The maximum Gasteiger partial charge on any atom is 0.00893 e. The van der Waals surface area contributed by atoms with Crippen LogP contribution in [0.5, 0.6) is 0 Å².